The number of sulfonamides is 1. The van der Waals surface area contributed by atoms with Gasteiger partial charge in [-0.1, -0.05) is 0 Å². The minimum Gasteiger partial charge on any atom is -0.493 e. The molecule has 9 heteroatoms. The van der Waals surface area contributed by atoms with Crippen LogP contribution in [0.25, 0.3) is 0 Å². The van der Waals surface area contributed by atoms with Gasteiger partial charge in [0.05, 0.1) is 14.2 Å². The van der Waals surface area contributed by atoms with Crippen molar-refractivity contribution in [2.75, 3.05) is 20.8 Å². The van der Waals surface area contributed by atoms with E-state index in [2.05, 4.69) is 0 Å². The van der Waals surface area contributed by atoms with Crippen LogP contribution in [0.1, 0.15) is 12.8 Å². The summed E-state index contributed by atoms with van der Waals surface area (Å²) in [5.41, 5.74) is 0. The normalized spacial score (nSPS) is 19.1. The molecule has 0 aliphatic carbocycles. The lowest BCUT2D eigenvalue weighted by Gasteiger charge is -2.21. The SMILES string of the molecule is COc1cc(F)c(S(=O)(=O)N2CCCC2C(=O)O)cc1OC. The fraction of sp³-hybridized carbons (Fsp3) is 0.462. The summed E-state index contributed by atoms with van der Waals surface area (Å²) in [4.78, 5) is 10.5. The smallest absolute Gasteiger partial charge is 0.322 e. The summed E-state index contributed by atoms with van der Waals surface area (Å²) < 4.78 is 50.0. The first kappa shape index (κ1) is 16.5. The molecule has 1 aromatic carbocycles. The van der Waals surface area contributed by atoms with E-state index in [1.165, 1.54) is 14.2 Å². The molecule has 1 heterocycles. The number of nitrogens with zero attached hydrogens (tertiary/aromatic N) is 1. The number of rotatable bonds is 5. The number of hydrogen-bond acceptors (Lipinski definition) is 5. The molecule has 1 N–H and O–H groups in total. The second-order valence-corrected chi connectivity index (χ2v) is 6.61. The Labute approximate surface area is 127 Å². The van der Waals surface area contributed by atoms with Crippen molar-refractivity contribution in [3.05, 3.63) is 17.9 Å². The highest BCUT2D eigenvalue weighted by atomic mass is 32.2. The number of carboxylic acid groups (broad SMARTS) is 1. The predicted octanol–water partition coefficient (Wildman–Crippen LogP) is 1.08. The third-order valence-electron chi connectivity index (χ3n) is 3.51. The molecule has 0 saturated carbocycles. The number of ether oxygens (including phenoxy) is 2. The highest BCUT2D eigenvalue weighted by Gasteiger charge is 2.41. The Kier molecular flexibility index (Phi) is 4.57. The monoisotopic (exact) mass is 333 g/mol. The van der Waals surface area contributed by atoms with E-state index in [0.29, 0.717) is 6.42 Å². The van der Waals surface area contributed by atoms with E-state index in [9.17, 15) is 17.6 Å². The number of halogens is 1. The number of aliphatic carboxylic acids is 1. The van der Waals surface area contributed by atoms with Gasteiger partial charge < -0.3 is 14.6 Å². The molecule has 1 aliphatic heterocycles. The molecule has 122 valence electrons. The van der Waals surface area contributed by atoms with Crippen molar-refractivity contribution in [1.29, 1.82) is 0 Å². The van der Waals surface area contributed by atoms with Gasteiger partial charge in [0, 0.05) is 18.7 Å². The number of benzene rings is 1. The second-order valence-electron chi connectivity index (χ2n) is 4.75. The molecule has 1 aliphatic rings. The summed E-state index contributed by atoms with van der Waals surface area (Å²) in [6, 6.07) is 0.718. The third kappa shape index (κ3) is 2.73. The van der Waals surface area contributed by atoms with E-state index in [4.69, 9.17) is 14.6 Å². The van der Waals surface area contributed by atoms with Crippen LogP contribution in [0.5, 0.6) is 11.5 Å². The molecular formula is C13H16FNO6S. The Morgan fingerprint density at radius 3 is 2.45 bits per heavy atom. The molecule has 2 rings (SSSR count). The van der Waals surface area contributed by atoms with Gasteiger partial charge in [-0.05, 0) is 12.8 Å². The molecule has 1 fully saturated rings. The quantitative estimate of drug-likeness (QED) is 0.867. The number of carboxylic acids is 1. The second kappa shape index (κ2) is 6.09. The van der Waals surface area contributed by atoms with Crippen LogP contribution in [0.3, 0.4) is 0 Å². The standard InChI is InChI=1S/C13H16FNO6S/c1-20-10-6-8(14)12(7-11(10)21-2)22(18,19)15-5-3-4-9(15)13(16)17/h6-7,9H,3-5H2,1-2H3,(H,16,17). The van der Waals surface area contributed by atoms with E-state index in [-0.39, 0.29) is 24.5 Å². The maximum Gasteiger partial charge on any atom is 0.322 e. The zero-order valence-electron chi connectivity index (χ0n) is 12.1. The minimum absolute atomic E-state index is 0.0348. The Balaban J connectivity index is 2.52. The maximum atomic E-state index is 14.1. The van der Waals surface area contributed by atoms with Gasteiger partial charge in [-0.3, -0.25) is 4.79 Å². The van der Waals surface area contributed by atoms with Crippen LogP contribution in [0.15, 0.2) is 17.0 Å². The van der Waals surface area contributed by atoms with Gasteiger partial charge in [0.15, 0.2) is 11.5 Å². The zero-order valence-corrected chi connectivity index (χ0v) is 12.9. The third-order valence-corrected chi connectivity index (χ3v) is 5.44. The molecule has 22 heavy (non-hydrogen) atoms. The van der Waals surface area contributed by atoms with Gasteiger partial charge in [-0.2, -0.15) is 4.31 Å². The first-order valence-corrected chi connectivity index (χ1v) is 7.93. The average molecular weight is 333 g/mol. The van der Waals surface area contributed by atoms with E-state index in [1.807, 2.05) is 0 Å². The average Bonchev–Trinajstić information content (AvgIpc) is 2.97. The molecule has 1 unspecified atom stereocenters. The first-order valence-electron chi connectivity index (χ1n) is 6.49. The van der Waals surface area contributed by atoms with Crippen molar-refractivity contribution in [3.63, 3.8) is 0 Å². The van der Waals surface area contributed by atoms with Gasteiger partial charge in [0.25, 0.3) is 0 Å². The largest absolute Gasteiger partial charge is 0.493 e. The summed E-state index contributed by atoms with van der Waals surface area (Å²) in [6.07, 6.45) is 0.606. The zero-order chi connectivity index (χ0) is 16.5. The van der Waals surface area contributed by atoms with Crippen molar-refractivity contribution >= 4 is 16.0 Å². The summed E-state index contributed by atoms with van der Waals surface area (Å²) in [5, 5.41) is 9.10. The Hall–Kier alpha value is -1.87. The van der Waals surface area contributed by atoms with Crippen LogP contribution in [-0.2, 0) is 14.8 Å². The molecule has 0 spiro atoms. The van der Waals surface area contributed by atoms with Gasteiger partial charge in [-0.25, -0.2) is 12.8 Å². The van der Waals surface area contributed by atoms with Crippen LogP contribution in [0.4, 0.5) is 4.39 Å². The Morgan fingerprint density at radius 2 is 1.91 bits per heavy atom. The molecule has 1 aromatic rings. The minimum atomic E-state index is -4.28. The lowest BCUT2D eigenvalue weighted by molar-refractivity contribution is -0.140. The highest BCUT2D eigenvalue weighted by molar-refractivity contribution is 7.89. The molecule has 0 amide bonds. The lowest BCUT2D eigenvalue weighted by Crippen LogP contribution is -2.40. The predicted molar refractivity (Wildman–Crippen MR) is 74.1 cm³/mol. The number of methoxy groups -OCH3 is 2. The molecule has 7 nitrogen and oxygen atoms in total. The highest BCUT2D eigenvalue weighted by Crippen LogP contribution is 2.35. The van der Waals surface area contributed by atoms with Gasteiger partial charge in [0.1, 0.15) is 16.8 Å². The summed E-state index contributed by atoms with van der Waals surface area (Å²) in [7, 11) is -1.69. The van der Waals surface area contributed by atoms with E-state index in [0.717, 1.165) is 16.4 Å². The molecule has 0 bridgehead atoms. The molecule has 0 aromatic heterocycles. The fourth-order valence-electron chi connectivity index (χ4n) is 2.43. The lowest BCUT2D eigenvalue weighted by atomic mass is 10.2. The van der Waals surface area contributed by atoms with Crippen molar-refractivity contribution in [3.8, 4) is 11.5 Å². The first-order chi connectivity index (χ1) is 10.3. The van der Waals surface area contributed by atoms with Crippen LogP contribution in [-0.4, -0.2) is 50.6 Å². The van der Waals surface area contributed by atoms with Crippen molar-refractivity contribution in [2.45, 2.75) is 23.8 Å². The van der Waals surface area contributed by atoms with Gasteiger partial charge in [0.2, 0.25) is 10.0 Å². The maximum absolute atomic E-state index is 14.1. The van der Waals surface area contributed by atoms with Crippen LogP contribution >= 0.6 is 0 Å². The Bertz CT molecular complexity index is 690. The van der Waals surface area contributed by atoms with Crippen LogP contribution in [0.2, 0.25) is 0 Å². The van der Waals surface area contributed by atoms with Crippen LogP contribution in [0, 0.1) is 5.82 Å². The summed E-state index contributed by atoms with van der Waals surface area (Å²) >= 11 is 0. The molecule has 1 atom stereocenters. The molecule has 0 radical (unpaired) electrons. The number of carbonyl (C=O) groups is 1. The molecular weight excluding hydrogens is 317 g/mol. The molecule has 1 saturated heterocycles. The van der Waals surface area contributed by atoms with E-state index >= 15 is 0 Å². The van der Waals surface area contributed by atoms with Gasteiger partial charge >= 0.3 is 5.97 Å². The van der Waals surface area contributed by atoms with Crippen LogP contribution < -0.4 is 9.47 Å². The van der Waals surface area contributed by atoms with Crippen molar-refractivity contribution in [1.82, 2.24) is 4.31 Å². The van der Waals surface area contributed by atoms with E-state index in [1.54, 1.807) is 0 Å². The van der Waals surface area contributed by atoms with E-state index < -0.39 is 32.7 Å². The summed E-state index contributed by atoms with van der Waals surface area (Å²) in [6.45, 7) is 0.0348. The Morgan fingerprint density at radius 1 is 1.32 bits per heavy atom. The van der Waals surface area contributed by atoms with Crippen molar-refractivity contribution in [2.24, 2.45) is 0 Å². The summed E-state index contributed by atoms with van der Waals surface area (Å²) in [5.74, 6) is -2.17. The topological polar surface area (TPSA) is 93.1 Å². The van der Waals surface area contributed by atoms with Gasteiger partial charge in [-0.15, -0.1) is 0 Å². The number of hydrogen-bond donors (Lipinski definition) is 1. The fourth-order valence-corrected chi connectivity index (χ4v) is 4.15. The van der Waals surface area contributed by atoms with Crippen molar-refractivity contribution < 1.29 is 32.2 Å².